The fraction of sp³-hybridized carbons (Fsp3) is 0.579. The van der Waals surface area contributed by atoms with Gasteiger partial charge in [-0.15, -0.1) is 0 Å². The Morgan fingerprint density at radius 1 is 1.19 bits per heavy atom. The van der Waals surface area contributed by atoms with Crippen molar-refractivity contribution < 1.29 is 4.79 Å². The van der Waals surface area contributed by atoms with Crippen LogP contribution in [0.2, 0.25) is 0 Å². The van der Waals surface area contributed by atoms with Gasteiger partial charge in [-0.1, -0.05) is 12.8 Å². The van der Waals surface area contributed by atoms with E-state index >= 15 is 0 Å². The number of aryl methyl sites for hydroxylation is 2. The first-order chi connectivity index (χ1) is 12.7. The fourth-order valence-corrected chi connectivity index (χ4v) is 3.96. The summed E-state index contributed by atoms with van der Waals surface area (Å²) in [5.41, 5.74) is 3.23. The topological polar surface area (TPSA) is 84.7 Å². The normalized spacial score (nSPS) is 17.1. The van der Waals surface area contributed by atoms with Crippen molar-refractivity contribution in [1.29, 1.82) is 0 Å². The van der Waals surface area contributed by atoms with Gasteiger partial charge < -0.3 is 10.6 Å². The highest BCUT2D eigenvalue weighted by Crippen LogP contribution is 2.27. The summed E-state index contributed by atoms with van der Waals surface area (Å²) in [7, 11) is 0. The largest absolute Gasteiger partial charge is 0.352 e. The monoisotopic (exact) mass is 354 g/mol. The molecule has 7 nitrogen and oxygen atoms in total. The van der Waals surface area contributed by atoms with Gasteiger partial charge in [0.15, 0.2) is 0 Å². The number of hydrogen-bond donors (Lipinski definition) is 2. The Morgan fingerprint density at radius 3 is 2.85 bits per heavy atom. The van der Waals surface area contributed by atoms with Crippen LogP contribution < -0.4 is 10.6 Å². The third-order valence-corrected chi connectivity index (χ3v) is 5.22. The molecule has 1 amide bonds. The predicted octanol–water partition coefficient (Wildman–Crippen LogP) is 2.66. The SMILES string of the molecule is Cc1nc2c(c(Nc3cnn(CC(=O)NC4CCCC4)c3)n1)CCCC2. The molecule has 0 aromatic carbocycles. The van der Waals surface area contributed by atoms with Crippen molar-refractivity contribution >= 4 is 17.4 Å². The van der Waals surface area contributed by atoms with Crippen LogP contribution in [0.15, 0.2) is 12.4 Å². The van der Waals surface area contributed by atoms with E-state index in [9.17, 15) is 4.79 Å². The number of carbonyl (C=O) groups excluding carboxylic acids is 1. The van der Waals surface area contributed by atoms with E-state index in [-0.39, 0.29) is 12.5 Å². The number of carbonyl (C=O) groups is 1. The summed E-state index contributed by atoms with van der Waals surface area (Å²) in [5.74, 6) is 1.69. The Balaban J connectivity index is 1.42. The van der Waals surface area contributed by atoms with Crippen LogP contribution in [0.5, 0.6) is 0 Å². The van der Waals surface area contributed by atoms with Crippen molar-refractivity contribution in [2.45, 2.75) is 70.9 Å². The highest BCUT2D eigenvalue weighted by molar-refractivity contribution is 5.76. The quantitative estimate of drug-likeness (QED) is 0.862. The van der Waals surface area contributed by atoms with Gasteiger partial charge in [0.1, 0.15) is 18.2 Å². The molecule has 0 bridgehead atoms. The van der Waals surface area contributed by atoms with Gasteiger partial charge in [0.25, 0.3) is 0 Å². The Bertz CT molecular complexity index is 793. The minimum absolute atomic E-state index is 0.0295. The highest BCUT2D eigenvalue weighted by atomic mass is 16.2. The molecule has 2 aliphatic carbocycles. The van der Waals surface area contributed by atoms with Crippen LogP contribution in [0.1, 0.15) is 55.6 Å². The molecule has 26 heavy (non-hydrogen) atoms. The zero-order chi connectivity index (χ0) is 17.9. The number of nitrogens with zero attached hydrogens (tertiary/aromatic N) is 4. The molecule has 0 radical (unpaired) electrons. The average molecular weight is 354 g/mol. The molecule has 2 N–H and O–H groups in total. The standard InChI is InChI=1S/C19H26N6O/c1-13-21-17-9-5-4-8-16(17)19(22-13)24-15-10-20-25(11-15)12-18(26)23-14-6-2-3-7-14/h10-11,14H,2-9,12H2,1H3,(H,23,26)(H,21,22,24). The van der Waals surface area contributed by atoms with Gasteiger partial charge in [-0.2, -0.15) is 5.10 Å². The van der Waals surface area contributed by atoms with E-state index in [1.807, 2.05) is 13.1 Å². The zero-order valence-corrected chi connectivity index (χ0v) is 15.3. The van der Waals surface area contributed by atoms with Gasteiger partial charge in [-0.25, -0.2) is 9.97 Å². The number of aromatic nitrogens is 4. The lowest BCUT2D eigenvalue weighted by Gasteiger charge is -2.18. The van der Waals surface area contributed by atoms with Crippen molar-refractivity contribution in [2.75, 3.05) is 5.32 Å². The lowest BCUT2D eigenvalue weighted by atomic mass is 9.96. The summed E-state index contributed by atoms with van der Waals surface area (Å²) < 4.78 is 1.67. The molecule has 0 saturated heterocycles. The first-order valence-corrected chi connectivity index (χ1v) is 9.62. The third-order valence-electron chi connectivity index (χ3n) is 5.22. The van der Waals surface area contributed by atoms with E-state index in [0.29, 0.717) is 6.04 Å². The fourth-order valence-electron chi connectivity index (χ4n) is 3.96. The van der Waals surface area contributed by atoms with E-state index in [0.717, 1.165) is 48.7 Å². The Kier molecular flexibility index (Phi) is 4.86. The summed E-state index contributed by atoms with van der Waals surface area (Å²) in [4.78, 5) is 21.3. The third kappa shape index (κ3) is 3.86. The molecule has 2 heterocycles. The van der Waals surface area contributed by atoms with Crippen LogP contribution in [-0.4, -0.2) is 31.7 Å². The van der Waals surface area contributed by atoms with Crippen LogP contribution >= 0.6 is 0 Å². The molecule has 2 aromatic rings. The number of fused-ring (bicyclic) bond motifs is 1. The van der Waals surface area contributed by atoms with Crippen molar-refractivity contribution in [1.82, 2.24) is 25.1 Å². The van der Waals surface area contributed by atoms with Gasteiger partial charge in [0.2, 0.25) is 5.91 Å². The molecule has 0 spiro atoms. The summed E-state index contributed by atoms with van der Waals surface area (Å²) >= 11 is 0. The molecule has 2 aliphatic rings. The van der Waals surface area contributed by atoms with Gasteiger partial charge in [0.05, 0.1) is 11.9 Å². The second-order valence-electron chi connectivity index (χ2n) is 7.35. The maximum absolute atomic E-state index is 12.2. The van der Waals surface area contributed by atoms with Gasteiger partial charge in [-0.3, -0.25) is 9.48 Å². The van der Waals surface area contributed by atoms with E-state index in [1.165, 1.54) is 31.2 Å². The van der Waals surface area contributed by atoms with Crippen molar-refractivity contribution in [3.8, 4) is 0 Å². The van der Waals surface area contributed by atoms with Gasteiger partial charge >= 0.3 is 0 Å². The average Bonchev–Trinajstić information content (AvgIpc) is 3.27. The molecule has 7 heteroatoms. The molecule has 1 saturated carbocycles. The second kappa shape index (κ2) is 7.43. The molecule has 0 aliphatic heterocycles. The Hall–Kier alpha value is -2.44. The smallest absolute Gasteiger partial charge is 0.241 e. The molecule has 2 aromatic heterocycles. The molecular formula is C19H26N6O. The van der Waals surface area contributed by atoms with Crippen LogP contribution in [0, 0.1) is 6.92 Å². The molecular weight excluding hydrogens is 328 g/mol. The summed E-state index contributed by atoms with van der Waals surface area (Å²) in [5, 5.41) is 10.8. The van der Waals surface area contributed by atoms with Gasteiger partial charge in [0, 0.05) is 23.5 Å². The molecule has 0 atom stereocenters. The number of anilines is 2. The number of amides is 1. The second-order valence-corrected chi connectivity index (χ2v) is 7.35. The van der Waals surface area contributed by atoms with Crippen LogP contribution in [0.3, 0.4) is 0 Å². The van der Waals surface area contributed by atoms with E-state index in [1.54, 1.807) is 10.9 Å². The first kappa shape index (κ1) is 17.0. The van der Waals surface area contributed by atoms with Crippen molar-refractivity contribution in [3.05, 3.63) is 29.5 Å². The zero-order valence-electron chi connectivity index (χ0n) is 15.3. The van der Waals surface area contributed by atoms with Crippen LogP contribution in [0.25, 0.3) is 0 Å². The summed E-state index contributed by atoms with van der Waals surface area (Å²) in [6.45, 7) is 2.18. The van der Waals surface area contributed by atoms with Crippen LogP contribution in [-0.2, 0) is 24.2 Å². The van der Waals surface area contributed by atoms with Crippen LogP contribution in [0.4, 0.5) is 11.5 Å². The Labute approximate surface area is 153 Å². The minimum Gasteiger partial charge on any atom is -0.352 e. The lowest BCUT2D eigenvalue weighted by molar-refractivity contribution is -0.122. The number of nitrogens with one attached hydrogen (secondary N) is 2. The molecule has 4 rings (SSSR count). The van der Waals surface area contributed by atoms with Crippen molar-refractivity contribution in [2.24, 2.45) is 0 Å². The van der Waals surface area contributed by atoms with Gasteiger partial charge in [-0.05, 0) is 45.4 Å². The number of hydrogen-bond acceptors (Lipinski definition) is 5. The maximum atomic E-state index is 12.2. The van der Waals surface area contributed by atoms with Crippen molar-refractivity contribution in [3.63, 3.8) is 0 Å². The lowest BCUT2D eigenvalue weighted by Crippen LogP contribution is -2.35. The Morgan fingerprint density at radius 2 is 2.00 bits per heavy atom. The number of rotatable bonds is 5. The van der Waals surface area contributed by atoms with E-state index < -0.39 is 0 Å². The first-order valence-electron chi connectivity index (χ1n) is 9.62. The predicted molar refractivity (Wildman–Crippen MR) is 99.3 cm³/mol. The molecule has 138 valence electrons. The minimum atomic E-state index is 0.0295. The molecule has 0 unspecified atom stereocenters. The van der Waals surface area contributed by atoms with E-state index in [4.69, 9.17) is 0 Å². The maximum Gasteiger partial charge on any atom is 0.241 e. The molecule has 1 fully saturated rings. The summed E-state index contributed by atoms with van der Waals surface area (Å²) in [6, 6.07) is 0.339. The highest BCUT2D eigenvalue weighted by Gasteiger charge is 2.19. The summed E-state index contributed by atoms with van der Waals surface area (Å²) in [6.07, 6.45) is 12.6. The van der Waals surface area contributed by atoms with E-state index in [2.05, 4.69) is 25.7 Å².